The zero-order valence-electron chi connectivity index (χ0n) is 15.1. The number of benzene rings is 2. The number of para-hydroxylation sites is 1. The summed E-state index contributed by atoms with van der Waals surface area (Å²) in [5.74, 6) is -0.356. The molecule has 2 aromatic rings. The largest absolute Gasteiger partial charge is 0.454 e. The standard InChI is InChI=1S/C21H11NO6S2/c23-18-12-3-1-2-4-14(12)28-20(25)13(18)9-22-19(24)17(30-21(22)29)8-11-5-6-15-16(7-11)27-10-26-15/h1-9H,10H2. The van der Waals surface area contributed by atoms with Crippen LogP contribution in [0.3, 0.4) is 0 Å². The van der Waals surface area contributed by atoms with Crippen LogP contribution in [0.5, 0.6) is 17.2 Å². The van der Waals surface area contributed by atoms with Crippen molar-refractivity contribution in [3.8, 4) is 17.2 Å². The Hall–Kier alpha value is -3.43. The van der Waals surface area contributed by atoms with Crippen LogP contribution < -0.4 is 14.2 Å². The van der Waals surface area contributed by atoms with E-state index in [0.29, 0.717) is 16.4 Å². The van der Waals surface area contributed by atoms with Gasteiger partial charge in [-0.15, -0.1) is 0 Å². The van der Waals surface area contributed by atoms with Gasteiger partial charge in [-0.05, 0) is 35.9 Å². The number of carbonyl (C=O) groups is 3. The van der Waals surface area contributed by atoms with Crippen molar-refractivity contribution in [3.05, 3.63) is 70.3 Å². The molecule has 3 heterocycles. The van der Waals surface area contributed by atoms with Gasteiger partial charge in [-0.1, -0.05) is 42.2 Å². The van der Waals surface area contributed by atoms with Gasteiger partial charge in [-0.2, -0.15) is 0 Å². The summed E-state index contributed by atoms with van der Waals surface area (Å²) in [5.41, 5.74) is 0.730. The average Bonchev–Trinajstić information content (AvgIpc) is 3.30. The molecular formula is C21H11NO6S2. The van der Waals surface area contributed by atoms with E-state index in [1.54, 1.807) is 42.5 Å². The summed E-state index contributed by atoms with van der Waals surface area (Å²) in [5, 5.41) is 0. The second-order valence-electron chi connectivity index (χ2n) is 6.42. The van der Waals surface area contributed by atoms with Crippen LogP contribution in [0, 0.1) is 0 Å². The van der Waals surface area contributed by atoms with Crippen molar-refractivity contribution in [2.45, 2.75) is 0 Å². The van der Waals surface area contributed by atoms with Crippen LogP contribution >= 0.6 is 24.0 Å². The molecule has 0 saturated carbocycles. The number of hydrogen-bond donors (Lipinski definition) is 0. The lowest BCUT2D eigenvalue weighted by Gasteiger charge is -2.18. The molecule has 9 heteroatoms. The molecular weight excluding hydrogens is 426 g/mol. The lowest BCUT2D eigenvalue weighted by Crippen LogP contribution is -2.30. The second-order valence-corrected chi connectivity index (χ2v) is 8.10. The minimum Gasteiger partial charge on any atom is -0.454 e. The fraction of sp³-hybridized carbons (Fsp3) is 0.0476. The van der Waals surface area contributed by atoms with Crippen molar-refractivity contribution in [3.63, 3.8) is 0 Å². The number of ketones is 1. The first-order valence-electron chi connectivity index (χ1n) is 8.76. The van der Waals surface area contributed by atoms with E-state index in [4.69, 9.17) is 26.4 Å². The highest BCUT2D eigenvalue weighted by Gasteiger charge is 2.36. The molecule has 2 aromatic carbocycles. The Kier molecular flexibility index (Phi) is 4.41. The molecule has 30 heavy (non-hydrogen) atoms. The first-order valence-corrected chi connectivity index (χ1v) is 9.98. The quantitative estimate of drug-likeness (QED) is 0.233. The van der Waals surface area contributed by atoms with Gasteiger partial charge in [0, 0.05) is 6.20 Å². The van der Waals surface area contributed by atoms with E-state index in [2.05, 4.69) is 0 Å². The van der Waals surface area contributed by atoms with E-state index >= 15 is 0 Å². The summed E-state index contributed by atoms with van der Waals surface area (Å²) in [6.45, 7) is 0.154. The number of fused-ring (bicyclic) bond motifs is 2. The number of esters is 1. The number of ether oxygens (including phenoxy) is 3. The summed E-state index contributed by atoms with van der Waals surface area (Å²) in [4.78, 5) is 39.4. The minimum atomic E-state index is -0.826. The maximum absolute atomic E-state index is 12.9. The van der Waals surface area contributed by atoms with Gasteiger partial charge in [0.15, 0.2) is 15.8 Å². The van der Waals surface area contributed by atoms with Gasteiger partial charge >= 0.3 is 5.97 Å². The van der Waals surface area contributed by atoms with E-state index in [1.165, 1.54) is 6.07 Å². The van der Waals surface area contributed by atoms with Crippen LogP contribution in [0.1, 0.15) is 15.9 Å². The Labute approximate surface area is 179 Å². The number of thiocarbonyl (C=S) groups is 1. The van der Waals surface area contributed by atoms with Gasteiger partial charge in [-0.25, -0.2) is 4.79 Å². The van der Waals surface area contributed by atoms with E-state index in [1.807, 2.05) is 0 Å². The smallest absolute Gasteiger partial charge is 0.349 e. The molecule has 5 rings (SSSR count). The molecule has 3 aliphatic rings. The van der Waals surface area contributed by atoms with Gasteiger partial charge < -0.3 is 14.2 Å². The van der Waals surface area contributed by atoms with Crippen molar-refractivity contribution >= 4 is 52.0 Å². The Morgan fingerprint density at radius 3 is 2.67 bits per heavy atom. The van der Waals surface area contributed by atoms with E-state index in [9.17, 15) is 14.4 Å². The molecule has 0 N–H and O–H groups in total. The molecule has 148 valence electrons. The van der Waals surface area contributed by atoms with Gasteiger partial charge in [0.1, 0.15) is 11.3 Å². The molecule has 0 aromatic heterocycles. The van der Waals surface area contributed by atoms with Gasteiger partial charge in [0.2, 0.25) is 12.6 Å². The molecule has 0 radical (unpaired) electrons. The molecule has 1 fully saturated rings. The van der Waals surface area contributed by atoms with Crippen LogP contribution in [-0.2, 0) is 9.59 Å². The van der Waals surface area contributed by atoms with Crippen molar-refractivity contribution in [1.29, 1.82) is 0 Å². The Morgan fingerprint density at radius 2 is 1.80 bits per heavy atom. The summed E-state index contributed by atoms with van der Waals surface area (Å²) >= 11 is 6.36. The third-order valence-electron chi connectivity index (χ3n) is 4.58. The first-order chi connectivity index (χ1) is 14.5. The number of amides is 1. The molecule has 0 aliphatic carbocycles. The topological polar surface area (TPSA) is 82.1 Å². The summed E-state index contributed by atoms with van der Waals surface area (Å²) in [6.07, 6.45) is 2.81. The third kappa shape index (κ3) is 3.08. The SMILES string of the molecule is O=C1Oc2ccccc2C(=O)C1=CN1C(=O)C(=Cc2ccc3c(c2)OCO3)SC1=S. The van der Waals surface area contributed by atoms with Gasteiger partial charge in [0.25, 0.3) is 5.91 Å². The fourth-order valence-corrected chi connectivity index (χ4v) is 4.33. The predicted octanol–water partition coefficient (Wildman–Crippen LogP) is 3.30. The minimum absolute atomic E-state index is 0.154. The molecule has 0 atom stereocenters. The summed E-state index contributed by atoms with van der Waals surface area (Å²) in [6, 6.07) is 11.7. The normalized spacial score (nSPS) is 20.2. The zero-order valence-corrected chi connectivity index (χ0v) is 16.7. The van der Waals surface area contributed by atoms with Crippen LogP contribution in [0.2, 0.25) is 0 Å². The number of thioether (sulfide) groups is 1. The Bertz CT molecular complexity index is 1220. The highest BCUT2D eigenvalue weighted by Crippen LogP contribution is 2.37. The molecule has 3 aliphatic heterocycles. The van der Waals surface area contributed by atoms with Crippen LogP contribution in [0.25, 0.3) is 6.08 Å². The number of nitrogens with zero attached hydrogens (tertiary/aromatic N) is 1. The number of carbonyl (C=O) groups excluding carboxylic acids is 3. The third-order valence-corrected chi connectivity index (χ3v) is 5.91. The van der Waals surface area contributed by atoms with Crippen molar-refractivity contribution < 1.29 is 28.6 Å². The van der Waals surface area contributed by atoms with Crippen LogP contribution in [0.4, 0.5) is 0 Å². The van der Waals surface area contributed by atoms with Crippen LogP contribution in [-0.4, -0.2) is 33.7 Å². The van der Waals surface area contributed by atoms with E-state index < -0.39 is 17.7 Å². The monoisotopic (exact) mass is 437 g/mol. The lowest BCUT2D eigenvalue weighted by atomic mass is 10.0. The fourth-order valence-electron chi connectivity index (χ4n) is 3.12. The molecule has 0 spiro atoms. The van der Waals surface area contributed by atoms with Gasteiger partial charge in [-0.3, -0.25) is 14.5 Å². The number of rotatable bonds is 2. The highest BCUT2D eigenvalue weighted by atomic mass is 32.2. The molecule has 0 bridgehead atoms. The lowest BCUT2D eigenvalue weighted by molar-refractivity contribution is -0.130. The van der Waals surface area contributed by atoms with Crippen LogP contribution in [0.15, 0.2) is 59.1 Å². The average molecular weight is 437 g/mol. The van der Waals surface area contributed by atoms with E-state index in [-0.39, 0.29) is 28.0 Å². The Balaban J connectivity index is 1.45. The summed E-state index contributed by atoms with van der Waals surface area (Å²) < 4.78 is 16.0. The molecule has 7 nitrogen and oxygen atoms in total. The second kappa shape index (κ2) is 7.12. The zero-order chi connectivity index (χ0) is 20.8. The Morgan fingerprint density at radius 1 is 1.00 bits per heavy atom. The molecule has 1 amide bonds. The molecule has 1 saturated heterocycles. The van der Waals surface area contributed by atoms with E-state index in [0.717, 1.165) is 28.4 Å². The number of Topliss-reactive ketones (excluding diaryl/α,β-unsaturated/α-hetero) is 1. The number of hydrogen-bond acceptors (Lipinski definition) is 8. The highest BCUT2D eigenvalue weighted by molar-refractivity contribution is 8.26. The maximum Gasteiger partial charge on any atom is 0.349 e. The first kappa shape index (κ1) is 18.6. The summed E-state index contributed by atoms with van der Waals surface area (Å²) in [7, 11) is 0. The molecule has 0 unspecified atom stereocenters. The van der Waals surface area contributed by atoms with Crippen molar-refractivity contribution in [2.75, 3.05) is 6.79 Å². The van der Waals surface area contributed by atoms with Crippen molar-refractivity contribution in [1.82, 2.24) is 4.90 Å². The maximum atomic E-state index is 12.9. The van der Waals surface area contributed by atoms with Gasteiger partial charge in [0.05, 0.1) is 10.5 Å². The van der Waals surface area contributed by atoms with Crippen molar-refractivity contribution in [2.24, 2.45) is 0 Å². The predicted molar refractivity (Wildman–Crippen MR) is 112 cm³/mol.